The van der Waals surface area contributed by atoms with Gasteiger partial charge in [-0.05, 0) is 62.1 Å². The Bertz CT molecular complexity index is 1190. The van der Waals surface area contributed by atoms with E-state index in [4.69, 9.17) is 34.8 Å². The molecule has 0 radical (unpaired) electrons. The summed E-state index contributed by atoms with van der Waals surface area (Å²) in [6, 6.07) is 9.25. The largest absolute Gasteiger partial charge is 0.354 e. The van der Waals surface area contributed by atoms with Crippen LogP contribution in [0.3, 0.4) is 0 Å². The zero-order valence-electron chi connectivity index (χ0n) is 20.9. The first-order chi connectivity index (χ1) is 16.8. The van der Waals surface area contributed by atoms with E-state index in [-0.39, 0.29) is 37.7 Å². The fourth-order valence-corrected chi connectivity index (χ4v) is 5.29. The number of amides is 2. The molecule has 2 amide bonds. The van der Waals surface area contributed by atoms with E-state index in [2.05, 4.69) is 5.32 Å². The number of rotatable bonds is 12. The average Bonchev–Trinajstić information content (AvgIpc) is 2.80. The molecule has 0 heterocycles. The van der Waals surface area contributed by atoms with E-state index in [1.165, 1.54) is 9.21 Å². The number of carbonyl (C=O) groups excluding carboxylic acids is 2. The number of hydrogen-bond acceptors (Lipinski definition) is 4. The number of carbonyl (C=O) groups is 2. The van der Waals surface area contributed by atoms with E-state index >= 15 is 0 Å². The Hall–Kier alpha value is -2.00. The summed E-state index contributed by atoms with van der Waals surface area (Å²) in [4.78, 5) is 27.5. The van der Waals surface area contributed by atoms with Crippen LogP contribution in [0.4, 0.5) is 5.69 Å². The summed E-state index contributed by atoms with van der Waals surface area (Å²) in [7, 11) is -3.62. The summed E-state index contributed by atoms with van der Waals surface area (Å²) in [6.07, 6.45) is 2.15. The number of sulfonamides is 1. The fraction of sp³-hybridized carbons (Fsp3) is 0.440. The molecule has 1 atom stereocenters. The second kappa shape index (κ2) is 13.5. The zero-order chi connectivity index (χ0) is 27.0. The Morgan fingerprint density at radius 3 is 2.31 bits per heavy atom. The Morgan fingerprint density at radius 1 is 1.06 bits per heavy atom. The van der Waals surface area contributed by atoms with Crippen LogP contribution < -0.4 is 9.62 Å². The lowest BCUT2D eigenvalue weighted by molar-refractivity contribution is -0.140. The number of nitrogens with one attached hydrogen (secondary N) is 1. The molecule has 0 aliphatic rings. The van der Waals surface area contributed by atoms with Gasteiger partial charge in [0.2, 0.25) is 21.8 Å². The van der Waals surface area contributed by atoms with Crippen molar-refractivity contribution in [1.82, 2.24) is 10.2 Å². The first-order valence-electron chi connectivity index (χ1n) is 11.6. The Kier molecular flexibility index (Phi) is 11.3. The van der Waals surface area contributed by atoms with E-state index in [9.17, 15) is 18.0 Å². The smallest absolute Gasteiger partial charge is 0.242 e. The van der Waals surface area contributed by atoms with Crippen LogP contribution in [0.5, 0.6) is 0 Å². The quantitative estimate of drug-likeness (QED) is 0.364. The molecular weight excluding hydrogens is 545 g/mol. The summed E-state index contributed by atoms with van der Waals surface area (Å²) in [5.74, 6) is -0.570. The van der Waals surface area contributed by atoms with Crippen molar-refractivity contribution in [3.05, 3.63) is 62.6 Å². The van der Waals surface area contributed by atoms with Crippen LogP contribution in [0.2, 0.25) is 15.1 Å². The van der Waals surface area contributed by atoms with Crippen LogP contribution in [0, 0.1) is 6.92 Å². The number of benzene rings is 2. The number of aryl methyl sites for hydroxylation is 1. The molecule has 0 unspecified atom stereocenters. The third-order valence-corrected chi connectivity index (χ3v) is 7.67. The van der Waals surface area contributed by atoms with Crippen LogP contribution in [0.1, 0.15) is 44.2 Å². The Morgan fingerprint density at radius 2 is 1.69 bits per heavy atom. The SMILES string of the molecule is CCCNC(=O)[C@@H](C)N(Cc1ccc(Cl)cc1Cl)C(=O)CCCN(c1cc(Cl)ccc1C)S(C)(=O)=O. The minimum absolute atomic E-state index is 0.0300. The minimum atomic E-state index is -3.62. The molecule has 36 heavy (non-hydrogen) atoms. The molecule has 0 aliphatic carbocycles. The van der Waals surface area contributed by atoms with E-state index in [1.54, 1.807) is 50.2 Å². The van der Waals surface area contributed by atoms with Gasteiger partial charge in [0, 0.05) is 41.1 Å². The number of halogens is 3. The van der Waals surface area contributed by atoms with Gasteiger partial charge in [0.25, 0.3) is 0 Å². The lowest BCUT2D eigenvalue weighted by atomic mass is 10.1. The fourth-order valence-electron chi connectivity index (χ4n) is 3.65. The van der Waals surface area contributed by atoms with E-state index < -0.39 is 16.1 Å². The maximum absolute atomic E-state index is 13.3. The molecule has 2 aromatic carbocycles. The van der Waals surface area contributed by atoms with Crippen molar-refractivity contribution in [2.75, 3.05) is 23.7 Å². The standard InChI is InChI=1S/C25H32Cl3N3O4S/c1-5-12-29-25(33)18(3)30(16-19-9-11-20(26)14-22(19)28)24(32)7-6-13-31(36(4,34)35)23-15-21(27)10-8-17(23)2/h8-11,14-15,18H,5-7,12-13,16H2,1-4H3,(H,29,33)/t18-/m1/s1. The molecule has 198 valence electrons. The lowest BCUT2D eigenvalue weighted by Gasteiger charge is -2.30. The van der Waals surface area contributed by atoms with Gasteiger partial charge in [0.05, 0.1) is 11.9 Å². The zero-order valence-corrected chi connectivity index (χ0v) is 23.9. The van der Waals surface area contributed by atoms with Gasteiger partial charge in [-0.25, -0.2) is 8.42 Å². The molecule has 0 saturated heterocycles. The predicted octanol–water partition coefficient (Wildman–Crippen LogP) is 5.44. The van der Waals surface area contributed by atoms with Gasteiger partial charge in [-0.3, -0.25) is 13.9 Å². The van der Waals surface area contributed by atoms with Gasteiger partial charge in [-0.1, -0.05) is 53.9 Å². The van der Waals surface area contributed by atoms with Crippen molar-refractivity contribution in [2.24, 2.45) is 0 Å². The molecule has 1 N–H and O–H groups in total. The highest BCUT2D eigenvalue weighted by molar-refractivity contribution is 7.92. The highest BCUT2D eigenvalue weighted by Crippen LogP contribution is 2.27. The highest BCUT2D eigenvalue weighted by atomic mass is 35.5. The van der Waals surface area contributed by atoms with Crippen molar-refractivity contribution in [3.8, 4) is 0 Å². The van der Waals surface area contributed by atoms with Gasteiger partial charge >= 0.3 is 0 Å². The summed E-state index contributed by atoms with van der Waals surface area (Å²) >= 11 is 18.4. The van der Waals surface area contributed by atoms with Crippen molar-refractivity contribution in [2.45, 2.75) is 52.6 Å². The second-order valence-corrected chi connectivity index (χ2v) is 11.8. The normalized spacial score (nSPS) is 12.2. The monoisotopic (exact) mass is 575 g/mol. The first-order valence-corrected chi connectivity index (χ1v) is 14.6. The molecule has 0 aliphatic heterocycles. The maximum Gasteiger partial charge on any atom is 0.242 e. The van der Waals surface area contributed by atoms with Crippen molar-refractivity contribution >= 4 is 62.3 Å². The summed E-state index contributed by atoms with van der Waals surface area (Å²) in [5, 5.41) is 4.09. The minimum Gasteiger partial charge on any atom is -0.354 e. The van der Waals surface area contributed by atoms with Crippen molar-refractivity contribution < 1.29 is 18.0 Å². The van der Waals surface area contributed by atoms with Gasteiger partial charge < -0.3 is 10.2 Å². The topological polar surface area (TPSA) is 86.8 Å². The van der Waals surface area contributed by atoms with Gasteiger partial charge in [0.15, 0.2) is 0 Å². The number of anilines is 1. The number of nitrogens with zero attached hydrogens (tertiary/aromatic N) is 2. The summed E-state index contributed by atoms with van der Waals surface area (Å²) < 4.78 is 26.3. The van der Waals surface area contributed by atoms with E-state index in [0.29, 0.717) is 32.9 Å². The predicted molar refractivity (Wildman–Crippen MR) is 147 cm³/mol. The van der Waals surface area contributed by atoms with Crippen LogP contribution in [0.25, 0.3) is 0 Å². The molecule has 0 bridgehead atoms. The Balaban J connectivity index is 2.22. The van der Waals surface area contributed by atoms with Crippen LogP contribution >= 0.6 is 34.8 Å². The van der Waals surface area contributed by atoms with E-state index in [1.807, 2.05) is 6.92 Å². The van der Waals surface area contributed by atoms with Crippen LogP contribution in [-0.4, -0.2) is 50.5 Å². The maximum atomic E-state index is 13.3. The first kappa shape index (κ1) is 30.2. The molecule has 7 nitrogen and oxygen atoms in total. The van der Waals surface area contributed by atoms with Gasteiger partial charge in [0.1, 0.15) is 6.04 Å². The molecule has 0 saturated carbocycles. The van der Waals surface area contributed by atoms with Crippen LogP contribution in [0.15, 0.2) is 36.4 Å². The lowest BCUT2D eigenvalue weighted by Crippen LogP contribution is -2.48. The van der Waals surface area contributed by atoms with Crippen molar-refractivity contribution in [1.29, 1.82) is 0 Å². The molecule has 0 aromatic heterocycles. The third kappa shape index (κ3) is 8.54. The molecule has 0 spiro atoms. The highest BCUT2D eigenvalue weighted by Gasteiger charge is 2.27. The molecular formula is C25H32Cl3N3O4S. The molecule has 2 aromatic rings. The molecule has 11 heteroatoms. The summed E-state index contributed by atoms with van der Waals surface area (Å²) in [5.41, 5.74) is 1.86. The van der Waals surface area contributed by atoms with E-state index in [0.717, 1.165) is 18.2 Å². The number of hydrogen-bond donors (Lipinski definition) is 1. The third-order valence-electron chi connectivity index (χ3n) is 5.66. The second-order valence-electron chi connectivity index (χ2n) is 8.59. The molecule has 0 fully saturated rings. The van der Waals surface area contributed by atoms with Gasteiger partial charge in [-0.15, -0.1) is 0 Å². The van der Waals surface area contributed by atoms with Crippen molar-refractivity contribution in [3.63, 3.8) is 0 Å². The van der Waals surface area contributed by atoms with Gasteiger partial charge in [-0.2, -0.15) is 0 Å². The Labute approximate surface area is 228 Å². The summed E-state index contributed by atoms with van der Waals surface area (Å²) in [6.45, 7) is 6.08. The van der Waals surface area contributed by atoms with Crippen LogP contribution in [-0.2, 0) is 26.2 Å². The molecule has 2 rings (SSSR count). The average molecular weight is 577 g/mol.